The minimum absolute atomic E-state index is 0.314. The number of carbonyl (C=O) groups is 1. The average Bonchev–Trinajstić information content (AvgIpc) is 2.84. The van der Waals surface area contributed by atoms with Gasteiger partial charge in [-0.05, 0) is 12.8 Å². The van der Waals surface area contributed by atoms with Gasteiger partial charge in [0.25, 0.3) is 0 Å². The van der Waals surface area contributed by atoms with Crippen molar-refractivity contribution in [2.75, 3.05) is 7.11 Å². The standard InChI is InChI=1S/C10H9N3O3S/c1-15-9(14)10(2-3-10)8-12-7(13-16-8)6-4-17-5-11-6/h4-5H,2-3H2,1H3. The Hall–Kier alpha value is -1.76. The number of carbonyl (C=O) groups excluding carboxylic acids is 1. The van der Waals surface area contributed by atoms with Gasteiger partial charge in [-0.2, -0.15) is 4.98 Å². The molecule has 1 aliphatic carbocycles. The van der Waals surface area contributed by atoms with E-state index in [4.69, 9.17) is 9.26 Å². The van der Waals surface area contributed by atoms with Gasteiger partial charge in [0.1, 0.15) is 11.1 Å². The zero-order valence-corrected chi connectivity index (χ0v) is 9.86. The molecule has 0 N–H and O–H groups in total. The van der Waals surface area contributed by atoms with Crippen LogP contribution in [0.1, 0.15) is 18.7 Å². The van der Waals surface area contributed by atoms with Gasteiger partial charge in [-0.3, -0.25) is 4.79 Å². The second-order valence-electron chi connectivity index (χ2n) is 3.87. The quantitative estimate of drug-likeness (QED) is 0.767. The molecular weight excluding hydrogens is 242 g/mol. The van der Waals surface area contributed by atoms with Gasteiger partial charge >= 0.3 is 5.97 Å². The van der Waals surface area contributed by atoms with E-state index < -0.39 is 5.41 Å². The van der Waals surface area contributed by atoms with Gasteiger partial charge in [-0.1, -0.05) is 5.16 Å². The molecule has 0 amide bonds. The molecule has 0 bridgehead atoms. The first kappa shape index (κ1) is 10.4. The fourth-order valence-electron chi connectivity index (χ4n) is 1.67. The number of nitrogens with zero attached hydrogens (tertiary/aromatic N) is 3. The summed E-state index contributed by atoms with van der Waals surface area (Å²) in [5.41, 5.74) is 1.64. The molecule has 0 spiro atoms. The van der Waals surface area contributed by atoms with E-state index in [0.29, 0.717) is 30.3 Å². The summed E-state index contributed by atoms with van der Waals surface area (Å²) in [5.74, 6) is 0.426. The summed E-state index contributed by atoms with van der Waals surface area (Å²) in [6.45, 7) is 0. The largest absolute Gasteiger partial charge is 0.468 e. The van der Waals surface area contributed by atoms with Crippen LogP contribution in [0.3, 0.4) is 0 Å². The molecule has 7 heteroatoms. The van der Waals surface area contributed by atoms with Crippen molar-refractivity contribution in [1.82, 2.24) is 15.1 Å². The third-order valence-electron chi connectivity index (χ3n) is 2.82. The molecule has 2 aromatic heterocycles. The Bertz CT molecular complexity index is 545. The summed E-state index contributed by atoms with van der Waals surface area (Å²) in [4.78, 5) is 19.9. The molecule has 0 aromatic carbocycles. The maximum atomic E-state index is 11.6. The Morgan fingerprint density at radius 1 is 1.59 bits per heavy atom. The van der Waals surface area contributed by atoms with Crippen LogP contribution >= 0.6 is 11.3 Å². The Kier molecular flexibility index (Phi) is 2.22. The lowest BCUT2D eigenvalue weighted by Gasteiger charge is -2.05. The highest BCUT2D eigenvalue weighted by molar-refractivity contribution is 7.07. The molecule has 6 nitrogen and oxygen atoms in total. The lowest BCUT2D eigenvalue weighted by molar-refractivity contribution is -0.144. The van der Waals surface area contributed by atoms with Crippen molar-refractivity contribution < 1.29 is 14.1 Å². The molecule has 3 rings (SSSR count). The number of hydrogen-bond donors (Lipinski definition) is 0. The van der Waals surface area contributed by atoms with Crippen molar-refractivity contribution in [3.63, 3.8) is 0 Å². The first-order valence-electron chi connectivity index (χ1n) is 5.07. The van der Waals surface area contributed by atoms with E-state index in [1.165, 1.54) is 18.4 Å². The number of aromatic nitrogens is 3. The minimum Gasteiger partial charge on any atom is -0.468 e. The van der Waals surface area contributed by atoms with E-state index in [9.17, 15) is 4.79 Å². The monoisotopic (exact) mass is 251 g/mol. The lowest BCUT2D eigenvalue weighted by atomic mass is 10.1. The molecule has 88 valence electrons. The van der Waals surface area contributed by atoms with Crippen LogP contribution in [-0.4, -0.2) is 28.2 Å². The Morgan fingerprint density at radius 2 is 2.41 bits per heavy atom. The van der Waals surface area contributed by atoms with E-state index in [-0.39, 0.29) is 5.97 Å². The molecule has 0 atom stereocenters. The summed E-state index contributed by atoms with van der Waals surface area (Å²) in [6, 6.07) is 0. The minimum atomic E-state index is -0.712. The molecule has 0 unspecified atom stereocenters. The summed E-state index contributed by atoms with van der Waals surface area (Å²) in [6.07, 6.45) is 1.39. The van der Waals surface area contributed by atoms with Crippen molar-refractivity contribution in [2.24, 2.45) is 0 Å². The van der Waals surface area contributed by atoms with Crippen LogP contribution in [0, 0.1) is 0 Å². The van der Waals surface area contributed by atoms with Crippen LogP contribution in [0.15, 0.2) is 15.4 Å². The molecule has 1 saturated carbocycles. The van der Waals surface area contributed by atoms with E-state index in [1.807, 2.05) is 5.38 Å². The molecule has 1 fully saturated rings. The molecule has 2 heterocycles. The van der Waals surface area contributed by atoms with Gasteiger partial charge in [0.2, 0.25) is 11.7 Å². The normalized spacial score (nSPS) is 16.8. The molecule has 17 heavy (non-hydrogen) atoms. The van der Waals surface area contributed by atoms with Crippen molar-refractivity contribution in [2.45, 2.75) is 18.3 Å². The third-order valence-corrected chi connectivity index (χ3v) is 3.41. The summed E-state index contributed by atoms with van der Waals surface area (Å²) in [5, 5.41) is 5.66. The van der Waals surface area contributed by atoms with Gasteiger partial charge in [0, 0.05) is 5.38 Å². The van der Waals surface area contributed by atoms with Crippen LogP contribution in [0.5, 0.6) is 0 Å². The zero-order valence-electron chi connectivity index (χ0n) is 9.04. The van der Waals surface area contributed by atoms with Crippen LogP contribution in [0.2, 0.25) is 0 Å². The third kappa shape index (κ3) is 1.54. The fourth-order valence-corrected chi connectivity index (χ4v) is 2.20. The number of esters is 1. The zero-order chi connectivity index (χ0) is 11.9. The average molecular weight is 251 g/mol. The first-order chi connectivity index (χ1) is 8.26. The molecule has 1 aliphatic rings. The van der Waals surface area contributed by atoms with Crippen molar-refractivity contribution in [1.29, 1.82) is 0 Å². The smallest absolute Gasteiger partial charge is 0.321 e. The molecular formula is C10H9N3O3S. The van der Waals surface area contributed by atoms with Crippen molar-refractivity contribution >= 4 is 17.3 Å². The predicted octanol–water partition coefficient (Wildman–Crippen LogP) is 1.40. The van der Waals surface area contributed by atoms with Gasteiger partial charge in [0.15, 0.2) is 0 Å². The number of methoxy groups -OCH3 is 1. The van der Waals surface area contributed by atoms with Gasteiger partial charge in [0.05, 0.1) is 12.6 Å². The highest BCUT2D eigenvalue weighted by Crippen LogP contribution is 2.48. The van der Waals surface area contributed by atoms with Crippen LogP contribution in [0.4, 0.5) is 0 Å². The fraction of sp³-hybridized carbons (Fsp3) is 0.400. The number of rotatable bonds is 3. The van der Waals surface area contributed by atoms with E-state index in [0.717, 1.165) is 0 Å². The maximum Gasteiger partial charge on any atom is 0.321 e. The van der Waals surface area contributed by atoms with Gasteiger partial charge < -0.3 is 9.26 Å². The Labute approximate surface area is 101 Å². The highest BCUT2D eigenvalue weighted by Gasteiger charge is 2.57. The lowest BCUT2D eigenvalue weighted by Crippen LogP contribution is -2.22. The molecule has 0 radical (unpaired) electrons. The van der Waals surface area contributed by atoms with Crippen LogP contribution in [-0.2, 0) is 14.9 Å². The van der Waals surface area contributed by atoms with Crippen molar-refractivity contribution in [3.8, 4) is 11.5 Å². The molecule has 2 aromatic rings. The van der Waals surface area contributed by atoms with Crippen LogP contribution < -0.4 is 0 Å². The SMILES string of the molecule is COC(=O)C1(c2nc(-c3cscn3)no2)CC1. The predicted molar refractivity (Wildman–Crippen MR) is 58.3 cm³/mol. The van der Waals surface area contributed by atoms with Gasteiger partial charge in [-0.25, -0.2) is 4.98 Å². The molecule has 0 aliphatic heterocycles. The van der Waals surface area contributed by atoms with Crippen molar-refractivity contribution in [3.05, 3.63) is 16.8 Å². The second-order valence-corrected chi connectivity index (χ2v) is 4.59. The molecule has 0 saturated heterocycles. The summed E-state index contributed by atoms with van der Waals surface area (Å²) < 4.78 is 9.89. The van der Waals surface area contributed by atoms with E-state index >= 15 is 0 Å². The van der Waals surface area contributed by atoms with E-state index in [2.05, 4.69) is 15.1 Å². The summed E-state index contributed by atoms with van der Waals surface area (Å²) in [7, 11) is 1.36. The van der Waals surface area contributed by atoms with Crippen LogP contribution in [0.25, 0.3) is 11.5 Å². The Balaban J connectivity index is 1.94. The Morgan fingerprint density at radius 3 is 3.00 bits per heavy atom. The second kappa shape index (κ2) is 3.63. The highest BCUT2D eigenvalue weighted by atomic mass is 32.1. The number of hydrogen-bond acceptors (Lipinski definition) is 7. The number of ether oxygens (including phenoxy) is 1. The maximum absolute atomic E-state index is 11.6. The topological polar surface area (TPSA) is 78.1 Å². The first-order valence-corrected chi connectivity index (χ1v) is 6.02. The number of thiazole rings is 1. The van der Waals surface area contributed by atoms with E-state index in [1.54, 1.807) is 5.51 Å². The van der Waals surface area contributed by atoms with Gasteiger partial charge in [-0.15, -0.1) is 11.3 Å². The summed E-state index contributed by atoms with van der Waals surface area (Å²) >= 11 is 1.45.